The molecule has 0 saturated carbocycles. The van der Waals surface area contributed by atoms with Crippen LogP contribution in [-0.2, 0) is 10.8 Å². The molecule has 74 valence electrons. The Morgan fingerprint density at radius 1 is 1.00 bits per heavy atom. The second kappa shape index (κ2) is 4.77. The molecule has 2 rings (SSSR count). The highest BCUT2D eigenvalue weighted by molar-refractivity contribution is 8.03. The van der Waals surface area contributed by atoms with Gasteiger partial charge in [0.2, 0.25) is 0 Å². The third-order valence-electron chi connectivity index (χ3n) is 1.51. The van der Waals surface area contributed by atoms with Crippen molar-refractivity contribution in [1.29, 1.82) is 0 Å². The first-order valence-corrected chi connectivity index (χ1v) is 6.77. The van der Waals surface area contributed by atoms with Crippen molar-refractivity contribution in [3.05, 3.63) is 45.2 Å². The molecule has 0 aromatic rings. The zero-order valence-electron chi connectivity index (χ0n) is 7.10. The van der Waals surface area contributed by atoms with Gasteiger partial charge in [-0.05, 0) is 46.9 Å². The van der Waals surface area contributed by atoms with Gasteiger partial charge in [-0.25, -0.2) is 4.21 Å². The predicted octanol–water partition coefficient (Wildman–Crippen LogP) is 1.95. The Morgan fingerprint density at radius 3 is 1.86 bits per heavy atom. The molecule has 0 amide bonds. The minimum Gasteiger partial charge on any atom is -0.318 e. The van der Waals surface area contributed by atoms with Crippen LogP contribution in [0.5, 0.6) is 0 Å². The van der Waals surface area contributed by atoms with Gasteiger partial charge in [0.05, 0.1) is 0 Å². The lowest BCUT2D eigenvalue weighted by molar-refractivity contribution is 0.688. The van der Waals surface area contributed by atoms with Gasteiger partial charge in [0.25, 0.3) is 0 Å². The summed E-state index contributed by atoms with van der Waals surface area (Å²) in [7, 11) is -1.14. The summed E-state index contributed by atoms with van der Waals surface area (Å²) >= 11 is 2.85. The van der Waals surface area contributed by atoms with Crippen molar-refractivity contribution in [2.45, 2.75) is 0 Å². The molecule has 3 nitrogen and oxygen atoms in total. The van der Waals surface area contributed by atoms with Crippen molar-refractivity contribution in [1.82, 2.24) is 9.44 Å². The average molecular weight is 244 g/mol. The lowest BCUT2D eigenvalue weighted by Gasteiger charge is -2.14. The van der Waals surface area contributed by atoms with Gasteiger partial charge >= 0.3 is 0 Å². The summed E-state index contributed by atoms with van der Waals surface area (Å²) < 4.78 is 17.9. The van der Waals surface area contributed by atoms with Crippen molar-refractivity contribution in [2.75, 3.05) is 0 Å². The molecular weight excluding hydrogens is 236 g/mol. The van der Waals surface area contributed by atoms with Crippen LogP contribution in [0.1, 0.15) is 0 Å². The molecule has 2 N–H and O–H groups in total. The van der Waals surface area contributed by atoms with Crippen molar-refractivity contribution in [3.8, 4) is 0 Å². The summed E-state index contributed by atoms with van der Waals surface area (Å²) in [6.45, 7) is 0. The molecule has 14 heavy (non-hydrogen) atoms. The monoisotopic (exact) mass is 244 g/mol. The van der Waals surface area contributed by atoms with Crippen LogP contribution in [0.4, 0.5) is 0 Å². The van der Waals surface area contributed by atoms with Crippen molar-refractivity contribution in [2.24, 2.45) is 0 Å². The highest BCUT2D eigenvalue weighted by Gasteiger charge is 2.14. The van der Waals surface area contributed by atoms with E-state index < -0.39 is 10.8 Å². The molecule has 0 aromatic heterocycles. The number of rotatable bonds is 2. The molecule has 0 saturated heterocycles. The lowest BCUT2D eigenvalue weighted by atomic mass is 10.6. The van der Waals surface area contributed by atoms with E-state index in [9.17, 15) is 4.21 Å². The third kappa shape index (κ3) is 2.26. The smallest absolute Gasteiger partial charge is 0.119 e. The van der Waals surface area contributed by atoms with Gasteiger partial charge in [-0.2, -0.15) is 0 Å². The molecule has 0 atom stereocenters. The molecule has 0 unspecified atom stereocenters. The van der Waals surface area contributed by atoms with Gasteiger partial charge in [-0.15, -0.1) is 0 Å². The minimum absolute atomic E-state index is 0.715. The van der Waals surface area contributed by atoms with E-state index in [0.717, 1.165) is 0 Å². The Kier molecular flexibility index (Phi) is 3.39. The first kappa shape index (κ1) is 9.95. The number of hydrogen-bond donors (Lipinski definition) is 2. The maximum atomic E-state index is 11.9. The quantitative estimate of drug-likeness (QED) is 0.727. The first-order chi connectivity index (χ1) is 6.88. The van der Waals surface area contributed by atoms with Crippen LogP contribution >= 0.6 is 23.9 Å². The Hall–Kier alpha value is -0.590. The fourth-order valence-electron chi connectivity index (χ4n) is 0.902. The molecule has 0 fully saturated rings. The fourth-order valence-corrected chi connectivity index (χ4v) is 3.26. The fraction of sp³-hybridized carbons (Fsp3) is 0. The zero-order chi connectivity index (χ0) is 9.80. The van der Waals surface area contributed by atoms with E-state index in [1.165, 1.54) is 23.9 Å². The second-order valence-corrected chi connectivity index (χ2v) is 5.27. The molecule has 2 aliphatic rings. The molecule has 0 radical (unpaired) electrons. The summed E-state index contributed by atoms with van der Waals surface area (Å²) in [5, 5.41) is 5.23. The summed E-state index contributed by atoms with van der Waals surface area (Å²) in [6.07, 6.45) is 7.39. The van der Waals surface area contributed by atoms with Gasteiger partial charge in [-0.1, -0.05) is 12.2 Å². The average Bonchev–Trinajstić information content (AvgIpc) is 2.30. The minimum atomic E-state index is -1.14. The largest absolute Gasteiger partial charge is 0.318 e. The van der Waals surface area contributed by atoms with Gasteiger partial charge in [0.15, 0.2) is 0 Å². The summed E-state index contributed by atoms with van der Waals surface area (Å²) in [5.41, 5.74) is 0. The first-order valence-electron chi connectivity index (χ1n) is 3.87. The van der Waals surface area contributed by atoms with Crippen LogP contribution < -0.4 is 9.44 Å². The molecule has 2 heterocycles. The Bertz CT molecular complexity index is 337. The summed E-state index contributed by atoms with van der Waals surface area (Å²) in [5.74, 6) is 0. The molecule has 6 heteroatoms. The summed E-state index contributed by atoms with van der Waals surface area (Å²) in [4.78, 5) is 0. The summed E-state index contributed by atoms with van der Waals surface area (Å²) in [6, 6.07) is 0. The topological polar surface area (TPSA) is 41.1 Å². The van der Waals surface area contributed by atoms with Crippen LogP contribution in [0.2, 0.25) is 0 Å². The Morgan fingerprint density at radius 2 is 1.50 bits per heavy atom. The van der Waals surface area contributed by atoms with Crippen LogP contribution in [0.15, 0.2) is 45.2 Å². The number of nitrogens with one attached hydrogen (secondary N) is 2. The van der Waals surface area contributed by atoms with Crippen LogP contribution in [-0.4, -0.2) is 4.21 Å². The van der Waals surface area contributed by atoms with E-state index in [-0.39, 0.29) is 0 Å². The van der Waals surface area contributed by atoms with E-state index in [0.29, 0.717) is 10.1 Å². The lowest BCUT2D eigenvalue weighted by Crippen LogP contribution is -2.17. The number of allylic oxidation sites excluding steroid dienone is 4. The van der Waals surface area contributed by atoms with Crippen LogP contribution in [0.25, 0.3) is 0 Å². The SMILES string of the molecule is O=S(C1=CC=CSN1)C1=CC=CSN1. The van der Waals surface area contributed by atoms with E-state index in [1.807, 2.05) is 35.1 Å². The van der Waals surface area contributed by atoms with Crippen LogP contribution in [0, 0.1) is 0 Å². The molecular formula is C8H8N2OS3. The molecule has 0 bridgehead atoms. The van der Waals surface area contributed by atoms with Crippen molar-refractivity contribution >= 4 is 34.7 Å². The normalized spacial score (nSPS) is 19.8. The van der Waals surface area contributed by atoms with Crippen LogP contribution in [0.3, 0.4) is 0 Å². The maximum Gasteiger partial charge on any atom is 0.119 e. The van der Waals surface area contributed by atoms with Gasteiger partial charge in [-0.3, -0.25) is 0 Å². The molecule has 0 aromatic carbocycles. The zero-order valence-corrected chi connectivity index (χ0v) is 9.55. The van der Waals surface area contributed by atoms with Gasteiger partial charge in [0.1, 0.15) is 20.9 Å². The predicted molar refractivity (Wildman–Crippen MR) is 64.0 cm³/mol. The Balaban J connectivity index is 2.14. The highest BCUT2D eigenvalue weighted by Crippen LogP contribution is 2.19. The van der Waals surface area contributed by atoms with Crippen molar-refractivity contribution in [3.63, 3.8) is 0 Å². The third-order valence-corrected chi connectivity index (χ3v) is 4.30. The van der Waals surface area contributed by atoms with E-state index in [2.05, 4.69) is 9.44 Å². The van der Waals surface area contributed by atoms with E-state index in [1.54, 1.807) is 0 Å². The Labute approximate surface area is 93.5 Å². The van der Waals surface area contributed by atoms with E-state index >= 15 is 0 Å². The molecule has 0 aliphatic carbocycles. The van der Waals surface area contributed by atoms with Gasteiger partial charge < -0.3 is 9.44 Å². The standard InChI is InChI=1S/C8H8N2OS3/c11-14(7-3-1-5-12-9-7)8-4-2-6-13-10-8/h1-6,9-10H. The molecule has 0 spiro atoms. The second-order valence-electron chi connectivity index (χ2n) is 2.43. The maximum absolute atomic E-state index is 11.9. The van der Waals surface area contributed by atoms with Gasteiger partial charge in [0, 0.05) is 0 Å². The highest BCUT2D eigenvalue weighted by atomic mass is 32.2. The number of hydrogen-bond acceptors (Lipinski definition) is 5. The van der Waals surface area contributed by atoms with Crippen molar-refractivity contribution < 1.29 is 4.21 Å². The van der Waals surface area contributed by atoms with E-state index in [4.69, 9.17) is 0 Å². The molecule has 2 aliphatic heterocycles.